The molecule has 0 N–H and O–H groups in total. The molecule has 24 heavy (non-hydrogen) atoms. The molecule has 1 aliphatic carbocycles. The summed E-state index contributed by atoms with van der Waals surface area (Å²) < 4.78 is 5.99. The Morgan fingerprint density at radius 2 is 1.79 bits per heavy atom. The van der Waals surface area contributed by atoms with Crippen molar-refractivity contribution < 1.29 is 4.42 Å². The monoisotopic (exact) mass is 340 g/mol. The van der Waals surface area contributed by atoms with Gasteiger partial charge in [-0.15, -0.1) is 0 Å². The highest BCUT2D eigenvalue weighted by molar-refractivity contribution is 7.98. The summed E-state index contributed by atoms with van der Waals surface area (Å²) in [5.74, 6) is 0.820. The van der Waals surface area contributed by atoms with Crippen LogP contribution in [-0.4, -0.2) is 0 Å². The van der Waals surface area contributed by atoms with Gasteiger partial charge < -0.3 is 4.42 Å². The van der Waals surface area contributed by atoms with Crippen LogP contribution in [0.25, 0.3) is 12.2 Å². The van der Waals surface area contributed by atoms with Gasteiger partial charge in [0, 0.05) is 11.3 Å². The molecule has 1 aromatic carbocycles. The zero-order valence-corrected chi connectivity index (χ0v) is 15.2. The van der Waals surface area contributed by atoms with E-state index >= 15 is 0 Å². The number of hydrogen-bond acceptors (Lipinski definition) is 3. The molecule has 3 rings (SSSR count). The van der Waals surface area contributed by atoms with Gasteiger partial charge in [0.15, 0.2) is 10.5 Å². The molecule has 0 radical (unpaired) electrons. The Morgan fingerprint density at radius 1 is 1.08 bits per heavy atom. The lowest BCUT2D eigenvalue weighted by Gasteiger charge is -2.07. The molecule has 0 bridgehead atoms. The van der Waals surface area contributed by atoms with Crippen LogP contribution < -0.4 is 16.1 Å². The second-order valence-corrected chi connectivity index (χ2v) is 7.26. The summed E-state index contributed by atoms with van der Waals surface area (Å²) in [5, 5.41) is 1.49. The first-order valence-electron chi connectivity index (χ1n) is 8.73. The van der Waals surface area contributed by atoms with E-state index in [1.165, 1.54) is 24.0 Å². The van der Waals surface area contributed by atoms with Gasteiger partial charge in [0.2, 0.25) is 0 Å². The van der Waals surface area contributed by atoms with E-state index in [0.717, 1.165) is 46.3 Å². The first-order valence-corrected chi connectivity index (χ1v) is 9.72. The fourth-order valence-corrected chi connectivity index (χ4v) is 3.84. The van der Waals surface area contributed by atoms with Crippen molar-refractivity contribution in [2.45, 2.75) is 56.8 Å². The average Bonchev–Trinajstić information content (AvgIpc) is 2.62. The molecule has 2 nitrogen and oxygen atoms in total. The molecular weight excluding hydrogens is 316 g/mol. The minimum absolute atomic E-state index is 0.115. The zero-order chi connectivity index (χ0) is 16.9. The first-order chi connectivity index (χ1) is 11.7. The topological polar surface area (TPSA) is 30.2 Å². The Morgan fingerprint density at radius 3 is 2.54 bits per heavy atom. The zero-order valence-electron chi connectivity index (χ0n) is 14.4. The second-order valence-electron chi connectivity index (χ2n) is 6.32. The predicted molar refractivity (Wildman–Crippen MR) is 102 cm³/mol. The van der Waals surface area contributed by atoms with Crippen molar-refractivity contribution in [2.24, 2.45) is 0 Å². The SMILES string of the molecule is CCCCc1ccc(CSc2oc3c(c(=O)c2C)=CCCC=3)cc1. The fraction of sp³-hybridized carbons (Fsp3) is 0.381. The standard InChI is InChI=1S/C21H24O2S/c1-3-4-7-16-10-12-17(13-11-16)14-24-21-15(2)20(22)18-8-5-6-9-19(18)23-21/h8-13H,3-7,14H2,1-2H3. The third-order valence-electron chi connectivity index (χ3n) is 4.42. The average molecular weight is 340 g/mol. The summed E-state index contributed by atoms with van der Waals surface area (Å²) in [6.45, 7) is 4.08. The Bertz CT molecular complexity index is 876. The summed E-state index contributed by atoms with van der Waals surface area (Å²) in [4.78, 5) is 12.5. The lowest BCUT2D eigenvalue weighted by atomic mass is 10.1. The highest BCUT2D eigenvalue weighted by atomic mass is 32.2. The molecule has 1 aromatic heterocycles. The molecule has 0 fully saturated rings. The van der Waals surface area contributed by atoms with Crippen molar-refractivity contribution in [1.29, 1.82) is 0 Å². The van der Waals surface area contributed by atoms with Crippen LogP contribution in [0.1, 0.15) is 49.3 Å². The van der Waals surface area contributed by atoms with Gasteiger partial charge in [-0.1, -0.05) is 55.4 Å². The molecule has 3 heteroatoms. The van der Waals surface area contributed by atoms with Gasteiger partial charge in [-0.2, -0.15) is 0 Å². The molecule has 0 spiro atoms. The van der Waals surface area contributed by atoms with Gasteiger partial charge in [0.05, 0.1) is 5.22 Å². The summed E-state index contributed by atoms with van der Waals surface area (Å²) in [6, 6.07) is 8.79. The van der Waals surface area contributed by atoms with E-state index in [-0.39, 0.29) is 5.43 Å². The highest BCUT2D eigenvalue weighted by Crippen LogP contribution is 2.23. The van der Waals surface area contributed by atoms with Gasteiger partial charge in [-0.25, -0.2) is 0 Å². The Balaban J connectivity index is 1.76. The van der Waals surface area contributed by atoms with Crippen LogP contribution in [0, 0.1) is 6.92 Å². The molecule has 0 unspecified atom stereocenters. The van der Waals surface area contributed by atoms with Crippen LogP contribution in [0.4, 0.5) is 0 Å². The maximum atomic E-state index is 12.5. The lowest BCUT2D eigenvalue weighted by molar-refractivity contribution is 0.410. The predicted octanol–water partition coefficient (Wildman–Crippen LogP) is 3.94. The molecule has 1 heterocycles. The van der Waals surface area contributed by atoms with Gasteiger partial charge in [0.25, 0.3) is 0 Å². The number of fused-ring (bicyclic) bond motifs is 1. The largest absolute Gasteiger partial charge is 0.450 e. The van der Waals surface area contributed by atoms with E-state index in [2.05, 4.69) is 31.2 Å². The fourth-order valence-electron chi connectivity index (χ4n) is 2.89. The van der Waals surface area contributed by atoms with Crippen LogP contribution >= 0.6 is 11.8 Å². The van der Waals surface area contributed by atoms with Crippen LogP contribution in [0.2, 0.25) is 0 Å². The van der Waals surface area contributed by atoms with Crippen LogP contribution in [-0.2, 0) is 12.2 Å². The Labute approximate surface area is 147 Å². The van der Waals surface area contributed by atoms with Gasteiger partial charge in [-0.3, -0.25) is 4.79 Å². The molecule has 0 atom stereocenters. The Kier molecular flexibility index (Phi) is 5.62. The molecule has 0 aliphatic heterocycles. The third-order valence-corrected chi connectivity index (χ3v) is 5.55. The van der Waals surface area contributed by atoms with Crippen molar-refractivity contribution in [3.05, 3.63) is 61.8 Å². The van der Waals surface area contributed by atoms with E-state index in [0.29, 0.717) is 0 Å². The van der Waals surface area contributed by atoms with Crippen molar-refractivity contribution >= 4 is 23.9 Å². The van der Waals surface area contributed by atoms with Crippen molar-refractivity contribution in [1.82, 2.24) is 0 Å². The maximum absolute atomic E-state index is 12.5. The summed E-state index contributed by atoms with van der Waals surface area (Å²) in [7, 11) is 0. The molecule has 2 aromatic rings. The minimum atomic E-state index is 0.115. The lowest BCUT2D eigenvalue weighted by Crippen LogP contribution is -2.41. The molecule has 0 saturated carbocycles. The summed E-state index contributed by atoms with van der Waals surface area (Å²) >= 11 is 1.61. The van der Waals surface area contributed by atoms with Crippen LogP contribution in [0.15, 0.2) is 38.6 Å². The maximum Gasteiger partial charge on any atom is 0.196 e. The van der Waals surface area contributed by atoms with Gasteiger partial charge in [-0.05, 0) is 49.8 Å². The van der Waals surface area contributed by atoms with Crippen LogP contribution in [0.3, 0.4) is 0 Å². The van der Waals surface area contributed by atoms with Crippen molar-refractivity contribution in [3.63, 3.8) is 0 Å². The van der Waals surface area contributed by atoms with Crippen LogP contribution in [0.5, 0.6) is 0 Å². The van der Waals surface area contributed by atoms with E-state index < -0.39 is 0 Å². The number of unbranched alkanes of at least 4 members (excludes halogenated alkanes) is 1. The highest BCUT2D eigenvalue weighted by Gasteiger charge is 2.10. The summed E-state index contributed by atoms with van der Waals surface area (Å²) in [6.07, 6.45) is 9.51. The quantitative estimate of drug-likeness (QED) is 0.746. The molecular formula is C21H24O2S. The number of aryl methyl sites for hydroxylation is 1. The molecule has 126 valence electrons. The second kappa shape index (κ2) is 7.89. The molecule has 0 amide bonds. The number of thioether (sulfide) groups is 1. The van der Waals surface area contributed by atoms with Gasteiger partial charge in [0.1, 0.15) is 5.42 Å². The minimum Gasteiger partial charge on any atom is -0.450 e. The number of hydrogen-bond donors (Lipinski definition) is 0. The van der Waals surface area contributed by atoms with Crippen molar-refractivity contribution in [3.8, 4) is 0 Å². The molecule has 1 aliphatic rings. The van der Waals surface area contributed by atoms with E-state index in [9.17, 15) is 4.79 Å². The Hall–Kier alpha value is -1.74. The van der Waals surface area contributed by atoms with Gasteiger partial charge >= 0.3 is 0 Å². The van der Waals surface area contributed by atoms with E-state index in [1.807, 2.05) is 19.1 Å². The number of benzene rings is 1. The number of rotatable bonds is 6. The first kappa shape index (κ1) is 17.1. The summed E-state index contributed by atoms with van der Waals surface area (Å²) in [5.41, 5.74) is 4.24. The van der Waals surface area contributed by atoms with E-state index in [4.69, 9.17) is 4.42 Å². The normalized spacial score (nSPS) is 13.1. The molecule has 0 saturated heterocycles. The third kappa shape index (κ3) is 3.84. The van der Waals surface area contributed by atoms with Crippen molar-refractivity contribution in [2.75, 3.05) is 0 Å². The smallest absolute Gasteiger partial charge is 0.196 e. The van der Waals surface area contributed by atoms with E-state index in [1.54, 1.807) is 11.8 Å².